The predicted molar refractivity (Wildman–Crippen MR) is 90.2 cm³/mol. The van der Waals surface area contributed by atoms with Gasteiger partial charge in [0, 0.05) is 37.2 Å². The third-order valence-electron chi connectivity index (χ3n) is 5.23. The van der Waals surface area contributed by atoms with Crippen LogP contribution in [0.3, 0.4) is 0 Å². The Morgan fingerprint density at radius 2 is 1.71 bits per heavy atom. The Kier molecular flexibility index (Phi) is 5.73. The normalized spacial score (nSPS) is 22.5. The number of benzene rings is 1. The SMILES string of the molecule is FC(F)(F)c1cc(Cl)cc([C@H](C2CCCCC2)N2CCNCC2)c1. The van der Waals surface area contributed by atoms with Crippen molar-refractivity contribution in [2.75, 3.05) is 26.2 Å². The molecule has 1 N–H and O–H groups in total. The van der Waals surface area contributed by atoms with Crippen molar-refractivity contribution in [3.05, 3.63) is 34.3 Å². The first-order valence-electron chi connectivity index (χ1n) is 8.77. The second kappa shape index (κ2) is 7.63. The number of halogens is 4. The molecule has 0 bridgehead atoms. The van der Waals surface area contributed by atoms with E-state index in [1.807, 2.05) is 0 Å². The molecular formula is C18H24ClF3N2. The first-order valence-corrected chi connectivity index (χ1v) is 9.15. The number of rotatable bonds is 3. The quantitative estimate of drug-likeness (QED) is 0.826. The standard InChI is InChI=1S/C18H24ClF3N2/c19-16-11-14(10-15(12-16)18(20,21)22)17(13-4-2-1-3-5-13)24-8-6-23-7-9-24/h10-13,17,23H,1-9H2/t17-/m0/s1. The van der Waals surface area contributed by atoms with Gasteiger partial charge in [0.25, 0.3) is 0 Å². The van der Waals surface area contributed by atoms with Crippen LogP contribution in [0.5, 0.6) is 0 Å². The molecule has 0 amide bonds. The van der Waals surface area contributed by atoms with E-state index in [9.17, 15) is 13.2 Å². The monoisotopic (exact) mass is 360 g/mol. The van der Waals surface area contributed by atoms with Gasteiger partial charge in [0.05, 0.1) is 5.56 Å². The van der Waals surface area contributed by atoms with Gasteiger partial charge >= 0.3 is 6.18 Å². The van der Waals surface area contributed by atoms with Crippen molar-refractivity contribution in [3.8, 4) is 0 Å². The maximum absolute atomic E-state index is 13.2. The second-order valence-electron chi connectivity index (χ2n) is 6.90. The highest BCUT2D eigenvalue weighted by atomic mass is 35.5. The fraction of sp³-hybridized carbons (Fsp3) is 0.667. The number of piperazine rings is 1. The summed E-state index contributed by atoms with van der Waals surface area (Å²) in [5.41, 5.74) is 0.0876. The van der Waals surface area contributed by atoms with E-state index in [2.05, 4.69) is 10.2 Å². The molecular weight excluding hydrogens is 337 g/mol. The average molecular weight is 361 g/mol. The van der Waals surface area contributed by atoms with Crippen LogP contribution in [0.15, 0.2) is 18.2 Å². The van der Waals surface area contributed by atoms with E-state index in [0.29, 0.717) is 5.92 Å². The Morgan fingerprint density at radius 3 is 2.33 bits per heavy atom. The topological polar surface area (TPSA) is 15.3 Å². The van der Waals surface area contributed by atoms with Crippen LogP contribution in [0.4, 0.5) is 13.2 Å². The van der Waals surface area contributed by atoms with Crippen LogP contribution < -0.4 is 5.32 Å². The van der Waals surface area contributed by atoms with Crippen LogP contribution in [0, 0.1) is 5.92 Å². The Hall–Kier alpha value is -0.780. The van der Waals surface area contributed by atoms with Crippen LogP contribution in [0.1, 0.15) is 49.3 Å². The molecule has 1 aliphatic heterocycles. The van der Waals surface area contributed by atoms with Gasteiger partial charge in [-0.1, -0.05) is 30.9 Å². The lowest BCUT2D eigenvalue weighted by molar-refractivity contribution is -0.137. The van der Waals surface area contributed by atoms with Gasteiger partial charge in [-0.25, -0.2) is 0 Å². The summed E-state index contributed by atoms with van der Waals surface area (Å²) in [5, 5.41) is 3.50. The molecule has 2 nitrogen and oxygen atoms in total. The molecule has 1 aromatic carbocycles. The Labute approximate surface area is 146 Å². The van der Waals surface area contributed by atoms with Gasteiger partial charge in [-0.15, -0.1) is 0 Å². The lowest BCUT2D eigenvalue weighted by atomic mass is 9.80. The molecule has 1 heterocycles. The van der Waals surface area contributed by atoms with Crippen molar-refractivity contribution < 1.29 is 13.2 Å². The van der Waals surface area contributed by atoms with Gasteiger partial charge < -0.3 is 5.32 Å². The first kappa shape index (κ1) is 18.0. The van der Waals surface area contributed by atoms with E-state index in [1.54, 1.807) is 6.07 Å². The number of alkyl halides is 3. The van der Waals surface area contributed by atoms with Gasteiger partial charge in [-0.05, 0) is 42.5 Å². The Morgan fingerprint density at radius 1 is 1.04 bits per heavy atom. The van der Waals surface area contributed by atoms with Gasteiger partial charge in [0.2, 0.25) is 0 Å². The van der Waals surface area contributed by atoms with Crippen LogP contribution in [0.25, 0.3) is 0 Å². The summed E-state index contributed by atoms with van der Waals surface area (Å²) in [6.45, 7) is 3.51. The number of hydrogen-bond acceptors (Lipinski definition) is 2. The molecule has 0 aromatic heterocycles. The van der Waals surface area contributed by atoms with E-state index in [0.717, 1.165) is 50.7 Å². The van der Waals surface area contributed by atoms with E-state index in [4.69, 9.17) is 11.6 Å². The van der Waals surface area contributed by atoms with Gasteiger partial charge in [0.1, 0.15) is 0 Å². The highest BCUT2D eigenvalue weighted by molar-refractivity contribution is 6.30. The van der Waals surface area contributed by atoms with Crippen molar-refractivity contribution >= 4 is 11.6 Å². The molecule has 1 atom stereocenters. The van der Waals surface area contributed by atoms with E-state index in [-0.39, 0.29) is 11.1 Å². The highest BCUT2D eigenvalue weighted by Crippen LogP contribution is 2.41. The highest BCUT2D eigenvalue weighted by Gasteiger charge is 2.35. The van der Waals surface area contributed by atoms with Crippen LogP contribution in [0.2, 0.25) is 5.02 Å². The first-order chi connectivity index (χ1) is 11.4. The molecule has 2 fully saturated rings. The molecule has 0 spiro atoms. The summed E-state index contributed by atoms with van der Waals surface area (Å²) in [4.78, 5) is 2.35. The summed E-state index contributed by atoms with van der Waals surface area (Å²) in [6, 6.07) is 4.11. The van der Waals surface area contributed by atoms with Crippen LogP contribution in [-0.4, -0.2) is 31.1 Å². The van der Waals surface area contributed by atoms with Crippen LogP contribution in [-0.2, 0) is 6.18 Å². The number of nitrogens with one attached hydrogen (secondary N) is 1. The third kappa shape index (κ3) is 4.24. The average Bonchev–Trinajstić information content (AvgIpc) is 2.56. The molecule has 3 rings (SSSR count). The predicted octanol–water partition coefficient (Wildman–Crippen LogP) is 4.89. The summed E-state index contributed by atoms with van der Waals surface area (Å²) >= 11 is 6.05. The minimum absolute atomic E-state index is 0.0344. The number of hydrogen-bond donors (Lipinski definition) is 1. The number of nitrogens with zero attached hydrogens (tertiary/aromatic N) is 1. The zero-order chi connectivity index (χ0) is 17.2. The third-order valence-corrected chi connectivity index (χ3v) is 5.45. The Bertz CT molecular complexity index is 532. The van der Waals surface area contributed by atoms with Gasteiger partial charge in [-0.2, -0.15) is 13.2 Å². The van der Waals surface area contributed by atoms with E-state index < -0.39 is 11.7 Å². The minimum atomic E-state index is -4.36. The molecule has 134 valence electrons. The molecule has 6 heteroatoms. The zero-order valence-electron chi connectivity index (χ0n) is 13.7. The second-order valence-corrected chi connectivity index (χ2v) is 7.34. The van der Waals surface area contributed by atoms with Crippen molar-refractivity contribution in [2.24, 2.45) is 5.92 Å². The maximum atomic E-state index is 13.2. The zero-order valence-corrected chi connectivity index (χ0v) is 14.5. The van der Waals surface area contributed by atoms with Crippen molar-refractivity contribution in [1.29, 1.82) is 0 Å². The molecule has 0 unspecified atom stereocenters. The van der Waals surface area contributed by atoms with Crippen molar-refractivity contribution in [1.82, 2.24) is 10.2 Å². The molecule has 1 saturated carbocycles. The van der Waals surface area contributed by atoms with Crippen molar-refractivity contribution in [2.45, 2.75) is 44.3 Å². The lowest BCUT2D eigenvalue weighted by Gasteiger charge is -2.41. The van der Waals surface area contributed by atoms with Gasteiger partial charge in [0.15, 0.2) is 0 Å². The minimum Gasteiger partial charge on any atom is -0.314 e. The Balaban J connectivity index is 1.96. The summed E-state index contributed by atoms with van der Waals surface area (Å²) in [5.74, 6) is 0.413. The summed E-state index contributed by atoms with van der Waals surface area (Å²) in [6.07, 6.45) is 1.37. The lowest BCUT2D eigenvalue weighted by Crippen LogP contribution is -2.47. The summed E-state index contributed by atoms with van der Waals surface area (Å²) in [7, 11) is 0. The molecule has 1 saturated heterocycles. The van der Waals surface area contributed by atoms with Gasteiger partial charge in [-0.3, -0.25) is 4.90 Å². The molecule has 2 aliphatic rings. The smallest absolute Gasteiger partial charge is 0.314 e. The van der Waals surface area contributed by atoms with E-state index in [1.165, 1.54) is 25.3 Å². The van der Waals surface area contributed by atoms with Crippen molar-refractivity contribution in [3.63, 3.8) is 0 Å². The molecule has 0 radical (unpaired) electrons. The van der Waals surface area contributed by atoms with E-state index >= 15 is 0 Å². The largest absolute Gasteiger partial charge is 0.416 e. The fourth-order valence-electron chi connectivity index (χ4n) is 4.14. The van der Waals surface area contributed by atoms with Crippen LogP contribution >= 0.6 is 11.6 Å². The fourth-order valence-corrected chi connectivity index (χ4v) is 4.38. The summed E-state index contributed by atoms with van der Waals surface area (Å²) < 4.78 is 39.6. The molecule has 1 aliphatic carbocycles. The maximum Gasteiger partial charge on any atom is 0.416 e. The molecule has 24 heavy (non-hydrogen) atoms. The molecule has 1 aromatic rings.